The van der Waals surface area contributed by atoms with E-state index in [4.69, 9.17) is 4.74 Å². The van der Waals surface area contributed by atoms with E-state index in [0.29, 0.717) is 22.4 Å². The van der Waals surface area contributed by atoms with Crippen LogP contribution in [0.2, 0.25) is 0 Å². The molecule has 5 rings (SSSR count). The van der Waals surface area contributed by atoms with Gasteiger partial charge in [0.1, 0.15) is 10.6 Å². The van der Waals surface area contributed by atoms with Crippen molar-refractivity contribution in [3.05, 3.63) is 107 Å². The van der Waals surface area contributed by atoms with Crippen molar-refractivity contribution in [2.45, 2.75) is 36.6 Å². The Morgan fingerprint density at radius 1 is 0.872 bits per heavy atom. The average Bonchev–Trinajstić information content (AvgIpc) is 3.06. The Morgan fingerprint density at radius 2 is 1.62 bits per heavy atom. The zero-order valence-corrected chi connectivity index (χ0v) is 28.6. The second-order valence-corrected chi connectivity index (χ2v) is 14.0. The molecule has 4 aromatic carbocycles. The molecular weight excluding hydrogens is 612 g/mol. The number of ether oxygens (including phenoxy) is 1. The standard InChI is InChI=1S/C37H42N4O5S/c1-39(2)31-14-7-10-25(20-31)21-36(42)41(5)33-15-9-11-26-16-18-30(24-32(26)33)38-47(44,45)35-23-28(17-19-34(35)46-6)27-12-8-13-29(22-27)37(43)40(3)4/h7-8,10,12-14,16-20,22-24,33,38H,9,11,15,21H2,1-6H3. The number of hydrogen-bond donors (Lipinski definition) is 1. The largest absolute Gasteiger partial charge is 0.495 e. The first-order valence-corrected chi connectivity index (χ1v) is 17.0. The van der Waals surface area contributed by atoms with Gasteiger partial charge < -0.3 is 19.4 Å². The first-order chi connectivity index (χ1) is 22.4. The van der Waals surface area contributed by atoms with Gasteiger partial charge >= 0.3 is 0 Å². The quantitative estimate of drug-likeness (QED) is 0.225. The van der Waals surface area contributed by atoms with Crippen LogP contribution < -0.4 is 14.4 Å². The molecule has 1 aliphatic rings. The van der Waals surface area contributed by atoms with Crippen molar-refractivity contribution in [1.29, 1.82) is 0 Å². The minimum atomic E-state index is -4.09. The lowest BCUT2D eigenvalue weighted by Gasteiger charge is -2.34. The summed E-state index contributed by atoms with van der Waals surface area (Å²) in [5.74, 6) is 0.0513. The number of anilines is 2. The van der Waals surface area contributed by atoms with Crippen molar-refractivity contribution < 1.29 is 22.7 Å². The Morgan fingerprint density at radius 3 is 2.34 bits per heavy atom. The predicted molar refractivity (Wildman–Crippen MR) is 187 cm³/mol. The molecular formula is C37H42N4O5S. The molecule has 0 fully saturated rings. The molecule has 246 valence electrons. The van der Waals surface area contributed by atoms with Crippen LogP contribution in [0, 0.1) is 0 Å². The summed E-state index contributed by atoms with van der Waals surface area (Å²) < 4.78 is 36.0. The lowest BCUT2D eigenvalue weighted by atomic mass is 9.86. The van der Waals surface area contributed by atoms with Crippen molar-refractivity contribution in [3.63, 3.8) is 0 Å². The number of carbonyl (C=O) groups excluding carboxylic acids is 2. The van der Waals surface area contributed by atoms with E-state index in [9.17, 15) is 18.0 Å². The van der Waals surface area contributed by atoms with Gasteiger partial charge in [0.15, 0.2) is 0 Å². The molecule has 0 radical (unpaired) electrons. The SMILES string of the molecule is COc1ccc(-c2cccc(C(=O)N(C)C)c2)cc1S(=O)(=O)Nc1ccc2c(c1)C(N(C)C(=O)Cc1cccc(N(C)C)c1)CCC2. The summed E-state index contributed by atoms with van der Waals surface area (Å²) in [4.78, 5) is 31.3. The fraction of sp³-hybridized carbons (Fsp3) is 0.297. The lowest BCUT2D eigenvalue weighted by molar-refractivity contribution is -0.131. The minimum Gasteiger partial charge on any atom is -0.495 e. The zero-order valence-electron chi connectivity index (χ0n) is 27.8. The molecule has 10 heteroatoms. The third-order valence-electron chi connectivity index (χ3n) is 8.63. The highest BCUT2D eigenvalue weighted by Crippen LogP contribution is 2.37. The third kappa shape index (κ3) is 7.44. The van der Waals surface area contributed by atoms with Crippen molar-refractivity contribution in [1.82, 2.24) is 9.80 Å². The van der Waals surface area contributed by atoms with Crippen LogP contribution in [0.3, 0.4) is 0 Å². The number of nitrogens with zero attached hydrogens (tertiary/aromatic N) is 3. The first kappa shape index (κ1) is 33.5. The molecule has 0 spiro atoms. The van der Waals surface area contributed by atoms with E-state index in [2.05, 4.69) is 4.72 Å². The summed E-state index contributed by atoms with van der Waals surface area (Å²) in [6.07, 6.45) is 2.85. The average molecular weight is 655 g/mol. The maximum absolute atomic E-state index is 13.9. The van der Waals surface area contributed by atoms with Crippen LogP contribution in [0.4, 0.5) is 11.4 Å². The van der Waals surface area contributed by atoms with Crippen molar-refractivity contribution in [2.75, 3.05) is 52.0 Å². The van der Waals surface area contributed by atoms with E-state index in [0.717, 1.165) is 41.6 Å². The maximum Gasteiger partial charge on any atom is 0.265 e. The third-order valence-corrected chi connectivity index (χ3v) is 10.0. The van der Waals surface area contributed by atoms with Gasteiger partial charge in [0.2, 0.25) is 5.91 Å². The monoisotopic (exact) mass is 654 g/mol. The smallest absolute Gasteiger partial charge is 0.265 e. The van der Waals surface area contributed by atoms with E-state index in [1.807, 2.05) is 68.5 Å². The zero-order chi connectivity index (χ0) is 33.9. The van der Waals surface area contributed by atoms with Gasteiger partial charge in [-0.05, 0) is 95.6 Å². The van der Waals surface area contributed by atoms with Crippen molar-refractivity contribution in [2.24, 2.45) is 0 Å². The number of fused-ring (bicyclic) bond motifs is 1. The Labute approximate surface area is 277 Å². The highest BCUT2D eigenvalue weighted by Gasteiger charge is 2.28. The van der Waals surface area contributed by atoms with Crippen LogP contribution in [0.25, 0.3) is 11.1 Å². The lowest BCUT2D eigenvalue weighted by Crippen LogP contribution is -2.34. The molecule has 0 saturated heterocycles. The summed E-state index contributed by atoms with van der Waals surface area (Å²) in [6, 6.07) is 25.3. The molecule has 4 aromatic rings. The van der Waals surface area contributed by atoms with Gasteiger partial charge in [-0.2, -0.15) is 0 Å². The topological polar surface area (TPSA) is 99.3 Å². The number of sulfonamides is 1. The Kier molecular flexibility index (Phi) is 9.91. The van der Waals surface area contributed by atoms with Crippen molar-refractivity contribution >= 4 is 33.2 Å². The highest BCUT2D eigenvalue weighted by molar-refractivity contribution is 7.92. The number of carbonyl (C=O) groups is 2. The number of aryl methyl sites for hydroxylation is 1. The van der Waals surface area contributed by atoms with Crippen LogP contribution in [0.15, 0.2) is 89.8 Å². The van der Waals surface area contributed by atoms with E-state index in [1.165, 1.54) is 12.0 Å². The highest BCUT2D eigenvalue weighted by atomic mass is 32.2. The first-order valence-electron chi connectivity index (χ1n) is 15.6. The summed E-state index contributed by atoms with van der Waals surface area (Å²) >= 11 is 0. The van der Waals surface area contributed by atoms with Gasteiger partial charge in [-0.1, -0.05) is 36.4 Å². The molecule has 9 nitrogen and oxygen atoms in total. The normalized spacial score (nSPS) is 14.1. The summed E-state index contributed by atoms with van der Waals surface area (Å²) in [6.45, 7) is 0. The van der Waals surface area contributed by atoms with Crippen LogP contribution in [0.1, 0.15) is 45.9 Å². The minimum absolute atomic E-state index is 0.00245. The molecule has 0 saturated carbocycles. The summed E-state index contributed by atoms with van der Waals surface area (Å²) in [5, 5.41) is 0. The van der Waals surface area contributed by atoms with E-state index in [-0.39, 0.29) is 34.9 Å². The molecule has 2 amide bonds. The van der Waals surface area contributed by atoms with Gasteiger partial charge in [-0.25, -0.2) is 8.42 Å². The van der Waals surface area contributed by atoms with Gasteiger partial charge in [-0.15, -0.1) is 0 Å². The molecule has 1 N–H and O–H groups in total. The summed E-state index contributed by atoms with van der Waals surface area (Å²) in [7, 11) is 6.47. The summed E-state index contributed by atoms with van der Waals surface area (Å²) in [5.41, 5.74) is 6.26. The maximum atomic E-state index is 13.9. The molecule has 47 heavy (non-hydrogen) atoms. The number of nitrogens with one attached hydrogen (secondary N) is 1. The number of amides is 2. The number of rotatable bonds is 10. The molecule has 1 atom stereocenters. The molecule has 1 unspecified atom stereocenters. The number of methoxy groups -OCH3 is 1. The number of likely N-dealkylation sites (N-methyl/N-ethyl adjacent to an activating group) is 1. The number of benzene rings is 4. The van der Waals surface area contributed by atoms with Gasteiger partial charge in [0.25, 0.3) is 15.9 Å². The second kappa shape index (κ2) is 13.9. The molecule has 0 aromatic heterocycles. The van der Waals surface area contributed by atoms with E-state index in [1.54, 1.807) is 61.5 Å². The van der Waals surface area contributed by atoms with Crippen LogP contribution in [-0.2, 0) is 27.7 Å². The van der Waals surface area contributed by atoms with E-state index >= 15 is 0 Å². The van der Waals surface area contributed by atoms with Crippen LogP contribution >= 0.6 is 0 Å². The Bertz CT molecular complexity index is 1900. The molecule has 0 aliphatic heterocycles. The van der Waals surface area contributed by atoms with Crippen LogP contribution in [-0.4, -0.2) is 72.4 Å². The van der Waals surface area contributed by atoms with Gasteiger partial charge in [-0.3, -0.25) is 14.3 Å². The Balaban J connectivity index is 1.41. The van der Waals surface area contributed by atoms with Gasteiger partial charge in [0.05, 0.1) is 19.6 Å². The van der Waals surface area contributed by atoms with E-state index < -0.39 is 10.0 Å². The molecule has 0 bridgehead atoms. The fourth-order valence-corrected chi connectivity index (χ4v) is 7.27. The van der Waals surface area contributed by atoms with Crippen molar-refractivity contribution in [3.8, 4) is 16.9 Å². The second-order valence-electron chi connectivity index (χ2n) is 12.3. The molecule has 0 heterocycles. The van der Waals surface area contributed by atoms with Gasteiger partial charge in [0, 0.05) is 52.2 Å². The number of hydrogen-bond acceptors (Lipinski definition) is 6. The molecule has 1 aliphatic carbocycles. The predicted octanol–water partition coefficient (Wildman–Crippen LogP) is 6.01. The van der Waals surface area contributed by atoms with Crippen LogP contribution in [0.5, 0.6) is 5.75 Å². The fourth-order valence-electron chi connectivity index (χ4n) is 6.02. The Hall–Kier alpha value is -4.83.